The van der Waals surface area contributed by atoms with Crippen LogP contribution in [0.5, 0.6) is 0 Å². The summed E-state index contributed by atoms with van der Waals surface area (Å²) in [7, 11) is -15.8. The number of guanidine groups is 1. The zero-order chi connectivity index (χ0) is 38.1. The number of ether oxygens (including phenoxy) is 2. The molecule has 31 heteroatoms. The van der Waals surface area contributed by atoms with Gasteiger partial charge in [-0.15, -0.1) is 0 Å². The lowest BCUT2D eigenvalue weighted by molar-refractivity contribution is -0.0877. The minimum atomic E-state index is -5.99. The Morgan fingerprint density at radius 2 is 1.46 bits per heavy atom. The maximum Gasteiger partial charge on any atom is 0.490 e. The highest BCUT2D eigenvalue weighted by Gasteiger charge is 2.51. The number of imidazole rings is 1. The fraction of sp³-hybridized carbons (Fsp3) is 0.619. The van der Waals surface area contributed by atoms with Gasteiger partial charge in [0.15, 0.2) is 35.8 Å². The molecule has 12 atom stereocenters. The molecule has 28 nitrogen and oxygen atoms in total. The van der Waals surface area contributed by atoms with Gasteiger partial charge >= 0.3 is 23.5 Å². The van der Waals surface area contributed by atoms with E-state index in [4.69, 9.17) is 20.9 Å². The highest BCUT2D eigenvalue weighted by Crippen LogP contribution is 2.67. The van der Waals surface area contributed by atoms with Gasteiger partial charge in [-0.05, 0) is 0 Å². The lowest BCUT2D eigenvalue weighted by Gasteiger charge is -2.31. The Kier molecular flexibility index (Phi) is 10.4. The molecule has 7 unspecified atom stereocenters. The first-order chi connectivity index (χ1) is 24.2. The van der Waals surface area contributed by atoms with E-state index < -0.39 is 97.5 Å². The van der Waals surface area contributed by atoms with Crippen LogP contribution in [0.15, 0.2) is 27.6 Å². The highest BCUT2D eigenvalue weighted by molar-refractivity contribution is 7.66. The summed E-state index contributed by atoms with van der Waals surface area (Å²) in [4.78, 5) is 58.7. The number of anilines is 1. The first-order valence-corrected chi connectivity index (χ1v) is 19.1. The van der Waals surface area contributed by atoms with Crippen molar-refractivity contribution >= 4 is 46.5 Å². The Labute approximate surface area is 289 Å². The number of nitrogen functional groups attached to an aromatic ring is 1. The summed E-state index contributed by atoms with van der Waals surface area (Å²) in [5.74, 6) is -0.283. The fourth-order valence-corrected chi connectivity index (χ4v) is 9.24. The van der Waals surface area contributed by atoms with Crippen LogP contribution in [-0.2, 0) is 40.8 Å². The highest BCUT2D eigenvalue weighted by atomic mass is 31.3. The van der Waals surface area contributed by atoms with E-state index in [1.165, 1.54) is 9.80 Å². The first kappa shape index (κ1) is 38.6. The van der Waals surface area contributed by atoms with Gasteiger partial charge in [0.25, 0.3) is 5.56 Å². The Morgan fingerprint density at radius 3 is 2.06 bits per heavy atom. The molecule has 2 aromatic heterocycles. The molecule has 2 fully saturated rings. The fourth-order valence-electron chi connectivity index (χ4n) is 5.72. The molecule has 4 aliphatic rings. The van der Waals surface area contributed by atoms with E-state index in [0.717, 1.165) is 10.9 Å². The lowest BCUT2D eigenvalue weighted by Crippen LogP contribution is -2.48. The topological polar surface area (TPSA) is 415 Å². The van der Waals surface area contributed by atoms with Gasteiger partial charge in [0.2, 0.25) is 5.95 Å². The number of hydrogen-bond donors (Lipinski definition) is 12. The predicted octanol–water partition coefficient (Wildman–Crippen LogP) is -5.25. The minimum absolute atomic E-state index is 0.000429. The van der Waals surface area contributed by atoms with Gasteiger partial charge in [0, 0.05) is 7.05 Å². The van der Waals surface area contributed by atoms with Crippen molar-refractivity contribution in [1.82, 2.24) is 34.6 Å². The zero-order valence-corrected chi connectivity index (χ0v) is 28.9. The quantitative estimate of drug-likeness (QED) is 0.0891. The molecule has 14 N–H and O–H groups in total. The van der Waals surface area contributed by atoms with Crippen LogP contribution in [0.25, 0.3) is 11.2 Å². The molecule has 6 heterocycles. The number of likely N-dealkylation sites (N-methyl/N-ethyl adjacent to an activating group) is 1. The number of nitrogens with two attached hydrogens (primary N) is 2. The van der Waals surface area contributed by atoms with Crippen molar-refractivity contribution in [3.63, 3.8) is 0 Å². The van der Waals surface area contributed by atoms with Gasteiger partial charge < -0.3 is 76.3 Å². The summed E-state index contributed by atoms with van der Waals surface area (Å²) in [6, 6.07) is 0. The van der Waals surface area contributed by atoms with Gasteiger partial charge in [0.05, 0.1) is 26.2 Å². The standard InChI is InChI=1S/C21H33N10O18P3/c1-29-5-31(15-9(29)17(37)28-21(23)26-15)19-13(35)11(33)7(47-19)3-45-51(40,41)49-52(42,43)48-50(38,39)44-2-6-10(32)12(34)18(46-6)30-4-24-8-14(30)25-20(22)27-16(8)36/h4,6-7,10-13,17-19,32-35,37H,2-3,5H2,1H3,(H,38,39)(H,40,41)(H,42,43)(H3,23,26,28)(H3,22,25,27,36)/t6-,7-,10?,11?,12?,13+,17?,18-,19-/m1/s1. The number of H-pyrrole nitrogens is 1. The van der Waals surface area contributed by atoms with E-state index >= 15 is 0 Å². The summed E-state index contributed by atoms with van der Waals surface area (Å²) < 4.78 is 66.8. The second kappa shape index (κ2) is 13.9. The molecule has 0 amide bonds. The number of rotatable bonds is 12. The summed E-state index contributed by atoms with van der Waals surface area (Å²) in [6.45, 7) is -2.13. The van der Waals surface area contributed by atoms with Gasteiger partial charge in [-0.1, -0.05) is 0 Å². The molecule has 290 valence electrons. The molecule has 52 heavy (non-hydrogen) atoms. The normalized spacial score (nSPS) is 34.2. The predicted molar refractivity (Wildman–Crippen MR) is 165 cm³/mol. The van der Waals surface area contributed by atoms with Crippen LogP contribution in [0.4, 0.5) is 5.95 Å². The molecule has 2 aromatic rings. The van der Waals surface area contributed by atoms with E-state index in [2.05, 4.69) is 42.9 Å². The number of aromatic amines is 1. The van der Waals surface area contributed by atoms with Gasteiger partial charge in [-0.25, -0.2) is 23.7 Å². The smallest absolute Gasteiger partial charge is 0.387 e. The van der Waals surface area contributed by atoms with Crippen molar-refractivity contribution in [2.45, 2.75) is 55.3 Å². The number of aliphatic hydroxyl groups excluding tert-OH is 5. The van der Waals surface area contributed by atoms with Crippen molar-refractivity contribution in [2.75, 3.05) is 32.7 Å². The van der Waals surface area contributed by atoms with Crippen molar-refractivity contribution in [3.05, 3.63) is 28.2 Å². The third-order valence-corrected chi connectivity index (χ3v) is 12.2. The summed E-state index contributed by atoms with van der Waals surface area (Å²) in [6.07, 6.45) is -13.3. The average Bonchev–Trinajstić information content (AvgIpc) is 3.74. The minimum Gasteiger partial charge on any atom is -0.387 e. The molecule has 0 saturated carbocycles. The van der Waals surface area contributed by atoms with E-state index in [-0.39, 0.29) is 41.3 Å². The number of nitrogens with zero attached hydrogens (tertiary/aromatic N) is 6. The Balaban J connectivity index is 1.02. The molecule has 0 aliphatic carbocycles. The zero-order valence-electron chi connectivity index (χ0n) is 26.2. The van der Waals surface area contributed by atoms with Crippen LogP contribution >= 0.6 is 23.5 Å². The van der Waals surface area contributed by atoms with Gasteiger partial charge in [-0.2, -0.15) is 13.6 Å². The number of aromatic nitrogens is 4. The molecule has 6 rings (SSSR count). The van der Waals surface area contributed by atoms with Crippen molar-refractivity contribution in [2.24, 2.45) is 10.7 Å². The Hall–Kier alpha value is -3.11. The van der Waals surface area contributed by atoms with E-state index in [9.17, 15) is 58.7 Å². The van der Waals surface area contributed by atoms with Gasteiger partial charge in [-0.3, -0.25) is 23.4 Å². The maximum atomic E-state index is 12.5. The number of hydrogen-bond acceptors (Lipinski definition) is 23. The number of phosphoric acid groups is 3. The summed E-state index contributed by atoms with van der Waals surface area (Å²) in [5, 5.41) is 55.1. The number of phosphoric ester groups is 2. The molecule has 0 bridgehead atoms. The average molecular weight is 806 g/mol. The molecule has 2 saturated heterocycles. The molecule has 0 spiro atoms. The second-order valence-electron chi connectivity index (χ2n) is 11.6. The Morgan fingerprint density at radius 1 is 0.904 bits per heavy atom. The first-order valence-electron chi connectivity index (χ1n) is 14.6. The van der Waals surface area contributed by atoms with Gasteiger partial charge in [0.1, 0.15) is 48.1 Å². The number of aliphatic hydroxyl groups is 5. The van der Waals surface area contributed by atoms with Crippen LogP contribution in [0.3, 0.4) is 0 Å². The van der Waals surface area contributed by atoms with E-state index in [1.807, 2.05) is 0 Å². The van der Waals surface area contributed by atoms with Crippen molar-refractivity contribution in [1.29, 1.82) is 0 Å². The summed E-state index contributed by atoms with van der Waals surface area (Å²) in [5.41, 5.74) is 10.4. The SMILES string of the molecule is CN1CN([C@@H]2O[C@H](COP(=O)(O)OP(=O)(O)OP(=O)(O)OC[C@H]3O[C@@H](n4cnc5c(=O)[nH]c(N)nc54)C(O)C3O)C(O)[C@@H]2O)C2=C1C(O)N=C(N)N2. The van der Waals surface area contributed by atoms with Crippen LogP contribution in [-0.4, -0.2) is 152 Å². The molecule has 0 aromatic carbocycles. The van der Waals surface area contributed by atoms with Crippen LogP contribution in [0.2, 0.25) is 0 Å². The number of fused-ring (bicyclic) bond motifs is 1. The Bertz CT molecular complexity index is 1980. The van der Waals surface area contributed by atoms with E-state index in [1.54, 1.807) is 7.05 Å². The number of nitrogens with one attached hydrogen (secondary N) is 2. The molecular weight excluding hydrogens is 773 g/mol. The third-order valence-electron chi connectivity index (χ3n) is 7.98. The maximum absolute atomic E-state index is 12.5. The lowest BCUT2D eigenvalue weighted by atomic mass is 10.1. The van der Waals surface area contributed by atoms with Crippen molar-refractivity contribution in [3.8, 4) is 0 Å². The second-order valence-corrected chi connectivity index (χ2v) is 16.2. The number of aliphatic imine (C=N–C) groups is 1. The monoisotopic (exact) mass is 806 g/mol. The van der Waals surface area contributed by atoms with Crippen LogP contribution < -0.4 is 22.3 Å². The molecule has 4 aliphatic heterocycles. The largest absolute Gasteiger partial charge is 0.490 e. The summed E-state index contributed by atoms with van der Waals surface area (Å²) >= 11 is 0. The third kappa shape index (κ3) is 7.61. The molecular formula is C21H33N10O18P3. The van der Waals surface area contributed by atoms with E-state index in [0.29, 0.717) is 0 Å². The molecule has 0 radical (unpaired) electrons. The van der Waals surface area contributed by atoms with Crippen LogP contribution in [0, 0.1) is 0 Å². The van der Waals surface area contributed by atoms with Crippen LogP contribution in [0.1, 0.15) is 6.23 Å². The van der Waals surface area contributed by atoms with Crippen molar-refractivity contribution < 1.29 is 81.1 Å².